The zero-order valence-corrected chi connectivity index (χ0v) is 13.0. The minimum atomic E-state index is -0.976. The fourth-order valence-corrected chi connectivity index (χ4v) is 2.10. The zero-order chi connectivity index (χ0) is 16.8. The summed E-state index contributed by atoms with van der Waals surface area (Å²) in [5.74, 6) is -1.16. The molecule has 0 radical (unpaired) electrons. The molecule has 1 heterocycles. The highest BCUT2D eigenvalue weighted by atomic mass is 16.6. The Labute approximate surface area is 134 Å². The van der Waals surface area contributed by atoms with Gasteiger partial charge in [-0.2, -0.15) is 4.73 Å². The molecule has 1 atom stereocenters. The van der Waals surface area contributed by atoms with E-state index in [4.69, 9.17) is 4.74 Å². The van der Waals surface area contributed by atoms with E-state index in [9.17, 15) is 14.8 Å². The molecule has 0 saturated carbocycles. The third-order valence-electron chi connectivity index (χ3n) is 3.30. The van der Waals surface area contributed by atoms with Crippen molar-refractivity contribution in [3.63, 3.8) is 0 Å². The number of amides is 1. The van der Waals surface area contributed by atoms with E-state index in [1.165, 1.54) is 30.2 Å². The Morgan fingerprint density at radius 3 is 2.48 bits per heavy atom. The van der Waals surface area contributed by atoms with Gasteiger partial charge in [0.25, 0.3) is 5.91 Å². The molecule has 0 bridgehead atoms. The van der Waals surface area contributed by atoms with Crippen molar-refractivity contribution in [2.75, 3.05) is 7.05 Å². The molecular weight excluding hydrogens is 296 g/mol. The van der Waals surface area contributed by atoms with Crippen LogP contribution in [0.2, 0.25) is 0 Å². The van der Waals surface area contributed by atoms with E-state index in [-0.39, 0.29) is 11.6 Å². The van der Waals surface area contributed by atoms with Crippen molar-refractivity contribution < 1.29 is 19.1 Å². The predicted octanol–water partition coefficient (Wildman–Crippen LogP) is 1.52. The van der Waals surface area contributed by atoms with Crippen LogP contribution in [0.5, 0.6) is 0 Å². The maximum absolute atomic E-state index is 12.3. The summed E-state index contributed by atoms with van der Waals surface area (Å²) < 4.78 is 5.50. The van der Waals surface area contributed by atoms with Gasteiger partial charge in [0.05, 0.1) is 0 Å². The predicted molar refractivity (Wildman–Crippen MR) is 83.2 cm³/mol. The zero-order valence-electron chi connectivity index (χ0n) is 13.0. The monoisotopic (exact) mass is 314 g/mol. The third-order valence-corrected chi connectivity index (χ3v) is 3.30. The second kappa shape index (κ2) is 7.40. The first kappa shape index (κ1) is 16.5. The number of rotatable bonds is 5. The van der Waals surface area contributed by atoms with E-state index < -0.39 is 12.1 Å². The summed E-state index contributed by atoms with van der Waals surface area (Å²) in [6.45, 7) is 1.90. The van der Waals surface area contributed by atoms with Crippen LogP contribution in [0.25, 0.3) is 0 Å². The molecule has 1 aromatic heterocycles. The van der Waals surface area contributed by atoms with Crippen LogP contribution in [0.4, 0.5) is 0 Å². The quantitative estimate of drug-likeness (QED) is 0.476. The van der Waals surface area contributed by atoms with Gasteiger partial charge < -0.3 is 14.8 Å². The van der Waals surface area contributed by atoms with Crippen molar-refractivity contribution in [3.8, 4) is 0 Å². The van der Waals surface area contributed by atoms with Crippen molar-refractivity contribution in [2.45, 2.75) is 19.6 Å². The first-order valence-corrected chi connectivity index (χ1v) is 7.17. The number of aromatic nitrogens is 1. The third kappa shape index (κ3) is 4.29. The van der Waals surface area contributed by atoms with E-state index in [1.807, 2.05) is 30.3 Å². The summed E-state index contributed by atoms with van der Waals surface area (Å²) in [5.41, 5.74) is 0.820. The molecule has 0 aliphatic rings. The van der Waals surface area contributed by atoms with Crippen molar-refractivity contribution in [2.24, 2.45) is 0 Å². The minimum Gasteiger partial charge on any atom is -0.618 e. The Kier molecular flexibility index (Phi) is 5.30. The van der Waals surface area contributed by atoms with Crippen LogP contribution in [0, 0.1) is 5.21 Å². The Balaban J connectivity index is 1.97. The number of carbonyl (C=O) groups excluding carboxylic acids is 2. The number of benzene rings is 1. The number of nitrogens with zero attached hydrogens (tertiary/aromatic N) is 2. The Morgan fingerprint density at radius 1 is 1.17 bits per heavy atom. The van der Waals surface area contributed by atoms with Gasteiger partial charge in [0.2, 0.25) is 0 Å². The van der Waals surface area contributed by atoms with Gasteiger partial charge in [-0.3, -0.25) is 4.79 Å². The molecule has 2 aromatic rings. The molecule has 0 aliphatic heterocycles. The molecule has 120 valence electrons. The molecule has 0 saturated heterocycles. The smallest absolute Gasteiger partial charge is 0.405 e. The second-order valence-corrected chi connectivity index (χ2v) is 5.14. The van der Waals surface area contributed by atoms with Crippen molar-refractivity contribution >= 4 is 11.9 Å². The Bertz CT molecular complexity index is 688. The lowest BCUT2D eigenvalue weighted by molar-refractivity contribution is -0.608. The molecule has 0 N–H and O–H groups in total. The van der Waals surface area contributed by atoms with Crippen LogP contribution in [-0.2, 0) is 16.1 Å². The van der Waals surface area contributed by atoms with Crippen LogP contribution >= 0.6 is 0 Å². The van der Waals surface area contributed by atoms with Gasteiger partial charge in [-0.25, -0.2) is 4.79 Å². The molecular formula is C17H18N2O4. The summed E-state index contributed by atoms with van der Waals surface area (Å²) in [5, 5.41) is 11.5. The summed E-state index contributed by atoms with van der Waals surface area (Å²) >= 11 is 0. The molecule has 0 unspecified atom stereocenters. The summed E-state index contributed by atoms with van der Waals surface area (Å²) in [6.07, 6.45) is 0.223. The van der Waals surface area contributed by atoms with Gasteiger partial charge in [0.15, 0.2) is 12.3 Å². The lowest BCUT2D eigenvalue weighted by Gasteiger charge is -2.21. The number of hydrogen-bond donors (Lipinski definition) is 0. The van der Waals surface area contributed by atoms with Crippen molar-refractivity contribution in [3.05, 3.63) is 71.2 Å². The van der Waals surface area contributed by atoms with E-state index in [2.05, 4.69) is 0 Å². The fraction of sp³-hybridized carbons (Fsp3) is 0.235. The average molecular weight is 314 g/mol. The van der Waals surface area contributed by atoms with Crippen LogP contribution in [-0.4, -0.2) is 29.9 Å². The largest absolute Gasteiger partial charge is 0.618 e. The van der Waals surface area contributed by atoms with E-state index in [0.29, 0.717) is 11.3 Å². The van der Waals surface area contributed by atoms with Gasteiger partial charge in [-0.15, -0.1) is 0 Å². The minimum absolute atomic E-state index is 0.155. The van der Waals surface area contributed by atoms with Crippen LogP contribution < -0.4 is 4.73 Å². The molecule has 23 heavy (non-hydrogen) atoms. The molecule has 0 fully saturated rings. The van der Waals surface area contributed by atoms with E-state index in [1.54, 1.807) is 13.1 Å². The molecule has 0 spiro atoms. The molecule has 6 nitrogen and oxygen atoms in total. The second-order valence-electron chi connectivity index (χ2n) is 5.14. The number of ether oxygens (including phenoxy) is 1. The SMILES string of the molecule is C[C@@H](OC(=O)c1cccc[n+]1[O-])C(=O)N(C)Cc1ccccc1. The molecule has 0 aliphatic carbocycles. The van der Waals surface area contributed by atoms with Gasteiger partial charge in [0, 0.05) is 25.7 Å². The van der Waals surface area contributed by atoms with Crippen LogP contribution in [0.1, 0.15) is 23.0 Å². The molecule has 6 heteroatoms. The van der Waals surface area contributed by atoms with Crippen molar-refractivity contribution in [1.82, 2.24) is 4.90 Å². The average Bonchev–Trinajstić information content (AvgIpc) is 2.55. The standard InChI is InChI=1S/C17H18N2O4/c1-13(23-17(21)15-10-6-7-11-19(15)22)16(20)18(2)12-14-8-4-3-5-9-14/h3-11,13H,12H2,1-2H3/t13-/m1/s1. The maximum atomic E-state index is 12.3. The highest BCUT2D eigenvalue weighted by Gasteiger charge is 2.25. The highest BCUT2D eigenvalue weighted by Crippen LogP contribution is 2.07. The highest BCUT2D eigenvalue weighted by molar-refractivity contribution is 5.89. The first-order valence-electron chi connectivity index (χ1n) is 7.17. The topological polar surface area (TPSA) is 73.5 Å². The van der Waals surface area contributed by atoms with Gasteiger partial charge in [-0.1, -0.05) is 30.3 Å². The van der Waals surface area contributed by atoms with Crippen LogP contribution in [0.3, 0.4) is 0 Å². The number of hydrogen-bond acceptors (Lipinski definition) is 4. The molecule has 1 amide bonds. The van der Waals surface area contributed by atoms with Gasteiger partial charge in [0.1, 0.15) is 0 Å². The number of likely N-dealkylation sites (N-methyl/N-ethyl adjacent to an activating group) is 1. The maximum Gasteiger partial charge on any atom is 0.405 e. The fourth-order valence-electron chi connectivity index (χ4n) is 2.10. The Hall–Kier alpha value is -2.89. The molecule has 2 rings (SSSR count). The summed E-state index contributed by atoms with van der Waals surface area (Å²) in [4.78, 5) is 25.7. The lowest BCUT2D eigenvalue weighted by atomic mass is 10.2. The van der Waals surface area contributed by atoms with Crippen LogP contribution in [0.15, 0.2) is 54.7 Å². The van der Waals surface area contributed by atoms with Gasteiger partial charge in [-0.05, 0) is 18.6 Å². The first-order chi connectivity index (χ1) is 11.0. The summed E-state index contributed by atoms with van der Waals surface area (Å²) in [7, 11) is 1.63. The normalized spacial score (nSPS) is 11.6. The number of carbonyl (C=O) groups is 2. The van der Waals surface area contributed by atoms with E-state index in [0.717, 1.165) is 5.56 Å². The van der Waals surface area contributed by atoms with E-state index >= 15 is 0 Å². The lowest BCUT2D eigenvalue weighted by Crippen LogP contribution is -2.40. The van der Waals surface area contributed by atoms with Crippen molar-refractivity contribution in [1.29, 1.82) is 0 Å². The summed E-state index contributed by atoms with van der Waals surface area (Å²) in [6, 6.07) is 13.9. The Morgan fingerprint density at radius 2 is 1.83 bits per heavy atom. The molecule has 1 aromatic carbocycles. The number of pyridine rings is 1. The number of esters is 1. The van der Waals surface area contributed by atoms with Gasteiger partial charge >= 0.3 is 11.7 Å².